The monoisotopic (exact) mass is 402 g/mol. The smallest absolute Gasteiger partial charge is 0.207 e. The van der Waals surface area contributed by atoms with Crippen molar-refractivity contribution in [3.63, 3.8) is 0 Å². The molecule has 0 amide bonds. The molecule has 0 aliphatic rings. The van der Waals surface area contributed by atoms with E-state index in [0.29, 0.717) is 9.82 Å². The Morgan fingerprint density at radius 2 is 1.70 bits per heavy atom. The van der Waals surface area contributed by atoms with Crippen LogP contribution < -0.4 is 0 Å². The molecule has 3 aromatic rings. The number of nitrogens with one attached hydrogen (secondary N) is 1. The molecule has 144 valence electrons. The van der Waals surface area contributed by atoms with Crippen molar-refractivity contribution < 1.29 is 26.0 Å². The van der Waals surface area contributed by atoms with E-state index >= 15 is 0 Å². The second-order valence-electron chi connectivity index (χ2n) is 5.68. The predicted octanol–water partition coefficient (Wildman–Crippen LogP) is 3.41. The van der Waals surface area contributed by atoms with Crippen molar-refractivity contribution in [1.29, 1.82) is 0 Å². The number of hydrogen-bond donors (Lipinski definition) is 1. The standard InChI is InChI=1S/C16H14F4N4O2S/c1-2-24(15(16(18,19)20)10-3-5-11(17)6-4-10)27(25,26)12-7-8-13-14(9-12)22-23-21-13/h3-9,15H,2H2,1H3,(H,21,22,23)/t15-/m1/s1. The number of nitrogens with zero attached hydrogens (tertiary/aromatic N) is 3. The Morgan fingerprint density at radius 3 is 2.30 bits per heavy atom. The van der Waals surface area contributed by atoms with Gasteiger partial charge in [0.05, 0.1) is 4.90 Å². The number of aromatic nitrogens is 3. The van der Waals surface area contributed by atoms with Gasteiger partial charge >= 0.3 is 6.18 Å². The van der Waals surface area contributed by atoms with Gasteiger partial charge in [-0.1, -0.05) is 19.1 Å². The molecule has 1 aromatic heterocycles. The van der Waals surface area contributed by atoms with Gasteiger partial charge in [-0.25, -0.2) is 12.8 Å². The van der Waals surface area contributed by atoms with Crippen LogP contribution >= 0.6 is 0 Å². The first-order valence-electron chi connectivity index (χ1n) is 7.79. The minimum absolute atomic E-state index is 0.206. The van der Waals surface area contributed by atoms with Gasteiger partial charge in [0.2, 0.25) is 10.0 Å². The number of hydrogen-bond acceptors (Lipinski definition) is 4. The molecule has 1 heterocycles. The van der Waals surface area contributed by atoms with Gasteiger partial charge in [0.15, 0.2) is 0 Å². The maximum Gasteiger partial charge on any atom is 0.409 e. The number of aromatic amines is 1. The molecule has 0 spiro atoms. The van der Waals surface area contributed by atoms with E-state index in [1.165, 1.54) is 19.1 Å². The Balaban J connectivity index is 2.11. The first-order chi connectivity index (χ1) is 12.6. The Hall–Kier alpha value is -2.53. The highest BCUT2D eigenvalue weighted by atomic mass is 32.2. The molecule has 0 saturated carbocycles. The van der Waals surface area contributed by atoms with Crippen molar-refractivity contribution in [3.8, 4) is 0 Å². The first-order valence-corrected chi connectivity index (χ1v) is 9.23. The lowest BCUT2D eigenvalue weighted by atomic mass is 10.1. The fourth-order valence-corrected chi connectivity index (χ4v) is 4.40. The molecule has 27 heavy (non-hydrogen) atoms. The number of halogens is 4. The minimum atomic E-state index is -4.90. The number of H-pyrrole nitrogens is 1. The van der Waals surface area contributed by atoms with Crippen LogP contribution in [-0.4, -0.2) is 40.9 Å². The fraction of sp³-hybridized carbons (Fsp3) is 0.250. The molecule has 0 bridgehead atoms. The topological polar surface area (TPSA) is 79.0 Å². The average molecular weight is 402 g/mol. The number of sulfonamides is 1. The molecule has 0 aliphatic heterocycles. The first kappa shape index (κ1) is 19.2. The predicted molar refractivity (Wildman–Crippen MR) is 88.7 cm³/mol. The van der Waals surface area contributed by atoms with E-state index in [2.05, 4.69) is 15.4 Å². The third kappa shape index (κ3) is 3.65. The van der Waals surface area contributed by atoms with Gasteiger partial charge in [-0.3, -0.25) is 0 Å². The van der Waals surface area contributed by atoms with E-state index in [0.717, 1.165) is 30.3 Å². The van der Waals surface area contributed by atoms with Gasteiger partial charge in [-0.15, -0.1) is 0 Å². The second kappa shape index (κ2) is 6.89. The van der Waals surface area contributed by atoms with E-state index in [9.17, 15) is 26.0 Å². The molecule has 1 atom stereocenters. The fourth-order valence-electron chi connectivity index (χ4n) is 2.77. The SMILES string of the molecule is CCN([C@H](c1ccc(F)cc1)C(F)(F)F)S(=O)(=O)c1ccc2n[nH]nc2c1. The van der Waals surface area contributed by atoms with Crippen LogP contribution in [-0.2, 0) is 10.0 Å². The van der Waals surface area contributed by atoms with Gasteiger partial charge in [0, 0.05) is 6.54 Å². The van der Waals surface area contributed by atoms with E-state index in [-0.39, 0.29) is 16.0 Å². The van der Waals surface area contributed by atoms with Crippen LogP contribution in [0.1, 0.15) is 18.5 Å². The molecule has 3 rings (SSSR count). The lowest BCUT2D eigenvalue weighted by Crippen LogP contribution is -2.42. The zero-order chi connectivity index (χ0) is 19.8. The Morgan fingerprint density at radius 1 is 1.07 bits per heavy atom. The van der Waals surface area contributed by atoms with Crippen molar-refractivity contribution in [3.05, 3.63) is 53.8 Å². The maximum atomic E-state index is 13.8. The molecule has 0 aliphatic carbocycles. The Kier molecular flexibility index (Phi) is 4.91. The summed E-state index contributed by atoms with van der Waals surface area (Å²) >= 11 is 0. The number of alkyl halides is 3. The van der Waals surface area contributed by atoms with Gasteiger partial charge < -0.3 is 0 Å². The van der Waals surface area contributed by atoms with Crippen LogP contribution in [0.2, 0.25) is 0 Å². The highest BCUT2D eigenvalue weighted by Gasteiger charge is 2.48. The number of fused-ring (bicyclic) bond motifs is 1. The molecule has 0 fully saturated rings. The Bertz CT molecular complexity index is 1050. The van der Waals surface area contributed by atoms with Gasteiger partial charge in [0.25, 0.3) is 0 Å². The Labute approximate surface area is 151 Å². The summed E-state index contributed by atoms with van der Waals surface area (Å²) in [6.07, 6.45) is -4.90. The van der Waals surface area contributed by atoms with Crippen molar-refractivity contribution in [2.75, 3.05) is 6.54 Å². The third-order valence-corrected chi connectivity index (χ3v) is 5.93. The zero-order valence-corrected chi connectivity index (χ0v) is 14.7. The van der Waals surface area contributed by atoms with Crippen LogP contribution in [0.15, 0.2) is 47.4 Å². The van der Waals surface area contributed by atoms with Crippen molar-refractivity contribution in [2.45, 2.75) is 24.0 Å². The van der Waals surface area contributed by atoms with E-state index in [1.54, 1.807) is 0 Å². The molecule has 0 radical (unpaired) electrons. The summed E-state index contributed by atoms with van der Waals surface area (Å²) in [5.74, 6) is -0.720. The minimum Gasteiger partial charge on any atom is -0.207 e. The number of rotatable bonds is 5. The van der Waals surface area contributed by atoms with Crippen LogP contribution in [0.25, 0.3) is 11.0 Å². The highest BCUT2D eigenvalue weighted by molar-refractivity contribution is 7.89. The van der Waals surface area contributed by atoms with Crippen LogP contribution in [0.5, 0.6) is 0 Å². The molecular formula is C16H14F4N4O2S. The zero-order valence-electron chi connectivity index (χ0n) is 13.9. The maximum absolute atomic E-state index is 13.8. The lowest BCUT2D eigenvalue weighted by molar-refractivity contribution is -0.173. The molecule has 0 saturated heterocycles. The summed E-state index contributed by atoms with van der Waals surface area (Å²) < 4.78 is 80.7. The summed E-state index contributed by atoms with van der Waals surface area (Å²) in [4.78, 5) is -0.345. The summed E-state index contributed by atoms with van der Waals surface area (Å²) in [6, 6.07) is 4.77. The summed E-state index contributed by atoms with van der Waals surface area (Å²) in [6.45, 7) is 0.856. The largest absolute Gasteiger partial charge is 0.409 e. The van der Waals surface area contributed by atoms with Crippen molar-refractivity contribution >= 4 is 21.1 Å². The average Bonchev–Trinajstić information content (AvgIpc) is 3.07. The molecule has 2 aromatic carbocycles. The third-order valence-electron chi connectivity index (χ3n) is 3.99. The molecule has 0 unspecified atom stereocenters. The molecule has 6 nitrogen and oxygen atoms in total. The van der Waals surface area contributed by atoms with Gasteiger partial charge in [0.1, 0.15) is 22.9 Å². The summed E-state index contributed by atoms with van der Waals surface area (Å²) in [5.41, 5.74) is 0.206. The quantitative estimate of drug-likeness (QED) is 0.664. The van der Waals surface area contributed by atoms with Gasteiger partial charge in [-0.05, 0) is 35.9 Å². The number of benzene rings is 2. The highest BCUT2D eigenvalue weighted by Crippen LogP contribution is 2.40. The van der Waals surface area contributed by atoms with Crippen molar-refractivity contribution in [2.24, 2.45) is 0 Å². The molecule has 1 N–H and O–H groups in total. The van der Waals surface area contributed by atoms with E-state index in [1.807, 2.05) is 0 Å². The summed E-state index contributed by atoms with van der Waals surface area (Å²) in [5, 5.41) is 9.85. The van der Waals surface area contributed by atoms with Crippen LogP contribution in [0.3, 0.4) is 0 Å². The van der Waals surface area contributed by atoms with Crippen LogP contribution in [0.4, 0.5) is 17.6 Å². The van der Waals surface area contributed by atoms with Crippen molar-refractivity contribution in [1.82, 2.24) is 19.7 Å². The lowest BCUT2D eigenvalue weighted by Gasteiger charge is -2.31. The second-order valence-corrected chi connectivity index (χ2v) is 7.57. The van der Waals surface area contributed by atoms with E-state index < -0.39 is 34.6 Å². The van der Waals surface area contributed by atoms with Crippen LogP contribution in [0, 0.1) is 5.82 Å². The molecule has 11 heteroatoms. The van der Waals surface area contributed by atoms with E-state index in [4.69, 9.17) is 0 Å². The van der Waals surface area contributed by atoms with Gasteiger partial charge in [-0.2, -0.15) is 32.9 Å². The normalized spacial score (nSPS) is 14.0. The molecular weight excluding hydrogens is 388 g/mol. The summed E-state index contributed by atoms with van der Waals surface area (Å²) in [7, 11) is -4.52.